The van der Waals surface area contributed by atoms with E-state index in [1.807, 2.05) is 13.0 Å². The summed E-state index contributed by atoms with van der Waals surface area (Å²) in [5.41, 5.74) is 1.78. The third-order valence-electron chi connectivity index (χ3n) is 3.94. The van der Waals surface area contributed by atoms with E-state index in [9.17, 15) is 13.2 Å². The molecule has 0 saturated carbocycles. The minimum absolute atomic E-state index is 0.0209. The standard InChI is InChI=1S/C19H15ClN2O3S2/c1-4-11-22-16-12(2)9-10-14(20)17(16)26-19(22)21-18(23)13-7-5-6-8-15(13)27(3,24)25/h1,5-10H,11H2,2-3H3. The fraction of sp³-hybridized carbons (Fsp3) is 0.158. The van der Waals surface area contributed by atoms with Crippen LogP contribution in [-0.4, -0.2) is 25.1 Å². The van der Waals surface area contributed by atoms with E-state index in [-0.39, 0.29) is 17.0 Å². The monoisotopic (exact) mass is 418 g/mol. The molecule has 0 spiro atoms. The molecule has 0 saturated heterocycles. The largest absolute Gasteiger partial charge is 0.304 e. The van der Waals surface area contributed by atoms with Crippen molar-refractivity contribution < 1.29 is 13.2 Å². The number of hydrogen-bond acceptors (Lipinski definition) is 4. The smallest absolute Gasteiger partial charge is 0.280 e. The van der Waals surface area contributed by atoms with Crippen LogP contribution < -0.4 is 4.80 Å². The molecule has 2 aromatic carbocycles. The number of benzene rings is 2. The topological polar surface area (TPSA) is 68.5 Å². The predicted molar refractivity (Wildman–Crippen MR) is 108 cm³/mol. The maximum atomic E-state index is 12.8. The van der Waals surface area contributed by atoms with E-state index in [0.717, 1.165) is 22.0 Å². The summed E-state index contributed by atoms with van der Waals surface area (Å²) in [4.78, 5) is 17.2. The van der Waals surface area contributed by atoms with Crippen molar-refractivity contribution in [2.24, 2.45) is 4.99 Å². The van der Waals surface area contributed by atoms with Gasteiger partial charge in [-0.3, -0.25) is 4.79 Å². The average Bonchev–Trinajstić information content (AvgIpc) is 2.97. The number of sulfone groups is 1. The normalized spacial score (nSPS) is 12.3. The highest BCUT2D eigenvalue weighted by molar-refractivity contribution is 7.90. The van der Waals surface area contributed by atoms with Gasteiger partial charge in [-0.25, -0.2) is 8.42 Å². The van der Waals surface area contributed by atoms with Gasteiger partial charge in [-0.15, -0.1) is 6.42 Å². The molecule has 0 atom stereocenters. The summed E-state index contributed by atoms with van der Waals surface area (Å²) in [6.45, 7) is 2.13. The first-order valence-corrected chi connectivity index (χ1v) is 10.9. The minimum atomic E-state index is -3.57. The molecule has 5 nitrogen and oxygen atoms in total. The van der Waals surface area contributed by atoms with Crippen LogP contribution in [0.15, 0.2) is 46.3 Å². The Morgan fingerprint density at radius 2 is 2.00 bits per heavy atom. The molecule has 1 amide bonds. The van der Waals surface area contributed by atoms with E-state index in [1.54, 1.807) is 22.8 Å². The molecule has 0 aliphatic carbocycles. The lowest BCUT2D eigenvalue weighted by molar-refractivity contribution is 0.0994. The number of halogens is 1. The Morgan fingerprint density at radius 3 is 2.67 bits per heavy atom. The molecule has 0 radical (unpaired) electrons. The van der Waals surface area contributed by atoms with Crippen molar-refractivity contribution in [1.29, 1.82) is 0 Å². The van der Waals surface area contributed by atoms with E-state index >= 15 is 0 Å². The maximum Gasteiger partial charge on any atom is 0.280 e. The number of fused-ring (bicyclic) bond motifs is 1. The molecule has 27 heavy (non-hydrogen) atoms. The number of thiazole rings is 1. The lowest BCUT2D eigenvalue weighted by Crippen LogP contribution is -2.17. The van der Waals surface area contributed by atoms with Crippen molar-refractivity contribution in [3.8, 4) is 12.3 Å². The van der Waals surface area contributed by atoms with Gasteiger partial charge in [0.25, 0.3) is 5.91 Å². The van der Waals surface area contributed by atoms with Gasteiger partial charge in [-0.1, -0.05) is 47.1 Å². The van der Waals surface area contributed by atoms with Gasteiger partial charge in [0.2, 0.25) is 0 Å². The molecular weight excluding hydrogens is 404 g/mol. The Hall–Kier alpha value is -2.40. The summed E-state index contributed by atoms with van der Waals surface area (Å²) >= 11 is 7.53. The summed E-state index contributed by atoms with van der Waals surface area (Å²) in [6.07, 6.45) is 6.54. The predicted octanol–water partition coefficient (Wildman–Crippen LogP) is 3.44. The van der Waals surface area contributed by atoms with Crippen molar-refractivity contribution in [3.05, 3.63) is 57.3 Å². The van der Waals surface area contributed by atoms with Crippen LogP contribution in [0.3, 0.4) is 0 Å². The van der Waals surface area contributed by atoms with E-state index in [1.165, 1.54) is 23.5 Å². The third-order valence-corrected chi connectivity index (χ3v) is 6.64. The van der Waals surface area contributed by atoms with Gasteiger partial charge in [0.05, 0.1) is 32.2 Å². The number of amides is 1. The Morgan fingerprint density at radius 1 is 1.30 bits per heavy atom. The molecule has 0 fully saturated rings. The van der Waals surface area contributed by atoms with Crippen LogP contribution in [-0.2, 0) is 16.4 Å². The van der Waals surface area contributed by atoms with Gasteiger partial charge >= 0.3 is 0 Å². The second-order valence-corrected chi connectivity index (χ2v) is 9.27. The first-order valence-electron chi connectivity index (χ1n) is 7.84. The maximum absolute atomic E-state index is 12.8. The van der Waals surface area contributed by atoms with Gasteiger partial charge in [0.1, 0.15) is 0 Å². The molecule has 0 aliphatic heterocycles. The van der Waals surface area contributed by atoms with Crippen LogP contribution in [0, 0.1) is 19.3 Å². The number of terminal acetylenes is 1. The highest BCUT2D eigenvalue weighted by Crippen LogP contribution is 2.29. The van der Waals surface area contributed by atoms with Crippen LogP contribution in [0.25, 0.3) is 10.2 Å². The molecule has 3 rings (SSSR count). The van der Waals surface area contributed by atoms with Crippen molar-refractivity contribution in [3.63, 3.8) is 0 Å². The Balaban J connectivity index is 2.28. The fourth-order valence-electron chi connectivity index (χ4n) is 2.75. The molecule has 3 aromatic rings. The molecule has 0 N–H and O–H groups in total. The van der Waals surface area contributed by atoms with Crippen LogP contribution in [0.2, 0.25) is 5.02 Å². The summed E-state index contributed by atoms with van der Waals surface area (Å²) in [5, 5.41) is 0.539. The van der Waals surface area contributed by atoms with Crippen LogP contribution in [0.5, 0.6) is 0 Å². The van der Waals surface area contributed by atoms with E-state index in [2.05, 4.69) is 10.9 Å². The van der Waals surface area contributed by atoms with Gasteiger partial charge in [0.15, 0.2) is 14.6 Å². The number of aromatic nitrogens is 1. The van der Waals surface area contributed by atoms with E-state index in [4.69, 9.17) is 18.0 Å². The van der Waals surface area contributed by atoms with Crippen LogP contribution in [0.4, 0.5) is 0 Å². The van der Waals surface area contributed by atoms with Gasteiger partial charge in [-0.2, -0.15) is 4.99 Å². The van der Waals surface area contributed by atoms with Crippen molar-refractivity contribution in [2.45, 2.75) is 18.4 Å². The zero-order valence-corrected chi connectivity index (χ0v) is 17.0. The first-order chi connectivity index (χ1) is 12.7. The quantitative estimate of drug-likeness (QED) is 0.612. The number of carbonyl (C=O) groups excluding carboxylic acids is 1. The minimum Gasteiger partial charge on any atom is -0.304 e. The summed E-state index contributed by atoms with van der Waals surface area (Å²) < 4.78 is 26.5. The Kier molecular flexibility index (Phi) is 5.24. The van der Waals surface area contributed by atoms with Crippen molar-refractivity contribution in [1.82, 2.24) is 4.57 Å². The molecule has 1 aromatic heterocycles. The summed E-state index contributed by atoms with van der Waals surface area (Å²) in [5.74, 6) is 1.91. The van der Waals surface area contributed by atoms with Gasteiger partial charge in [-0.05, 0) is 30.7 Å². The second-order valence-electron chi connectivity index (χ2n) is 5.90. The number of nitrogens with zero attached hydrogens (tertiary/aromatic N) is 2. The van der Waals surface area contributed by atoms with Crippen molar-refractivity contribution >= 4 is 48.9 Å². The number of rotatable bonds is 3. The Labute approximate surface area is 165 Å². The lowest BCUT2D eigenvalue weighted by atomic mass is 10.2. The zero-order chi connectivity index (χ0) is 19.8. The summed E-state index contributed by atoms with van der Waals surface area (Å²) in [7, 11) is -3.57. The van der Waals surface area contributed by atoms with Crippen molar-refractivity contribution in [2.75, 3.05) is 6.26 Å². The Bertz CT molecular complexity index is 1280. The zero-order valence-electron chi connectivity index (χ0n) is 14.6. The molecule has 8 heteroatoms. The number of hydrogen-bond donors (Lipinski definition) is 0. The number of aryl methyl sites for hydroxylation is 1. The first kappa shape index (κ1) is 19.4. The number of carbonyl (C=O) groups is 1. The molecular formula is C19H15ClN2O3S2. The summed E-state index contributed by atoms with van der Waals surface area (Å²) in [6, 6.07) is 9.64. The third kappa shape index (κ3) is 3.69. The molecule has 0 unspecified atom stereocenters. The SMILES string of the molecule is C#CCn1c(=NC(=O)c2ccccc2S(C)(=O)=O)sc2c(Cl)ccc(C)c21. The van der Waals surface area contributed by atoms with Crippen LogP contribution >= 0.6 is 22.9 Å². The van der Waals surface area contributed by atoms with E-state index < -0.39 is 15.7 Å². The molecule has 0 aliphatic rings. The van der Waals surface area contributed by atoms with Gasteiger partial charge < -0.3 is 4.57 Å². The van der Waals surface area contributed by atoms with E-state index in [0.29, 0.717) is 9.82 Å². The second kappa shape index (κ2) is 7.31. The molecule has 1 heterocycles. The average molecular weight is 419 g/mol. The molecule has 0 bridgehead atoms. The van der Waals surface area contributed by atoms with Crippen LogP contribution in [0.1, 0.15) is 15.9 Å². The fourth-order valence-corrected chi connectivity index (χ4v) is 5.01. The highest BCUT2D eigenvalue weighted by atomic mass is 35.5. The highest BCUT2D eigenvalue weighted by Gasteiger charge is 2.19. The van der Waals surface area contributed by atoms with Gasteiger partial charge in [0, 0.05) is 6.26 Å². The molecule has 138 valence electrons. The lowest BCUT2D eigenvalue weighted by Gasteiger charge is -2.05.